The van der Waals surface area contributed by atoms with Crippen LogP contribution in [0.3, 0.4) is 0 Å². The average molecular weight is 289 g/mol. The van der Waals surface area contributed by atoms with Crippen molar-refractivity contribution in [1.82, 2.24) is 4.98 Å². The predicted molar refractivity (Wildman–Crippen MR) is 88.2 cm³/mol. The second-order valence-corrected chi connectivity index (χ2v) is 5.28. The number of nitrogens with one attached hydrogen (secondary N) is 1. The average Bonchev–Trinajstić information content (AvgIpc) is 2.96. The molecule has 0 saturated heterocycles. The number of aromatic nitrogens is 1. The third-order valence-corrected chi connectivity index (χ3v) is 3.53. The van der Waals surface area contributed by atoms with Crippen LogP contribution in [-0.2, 0) is 9.53 Å². The Hall–Kier alpha value is -1.77. The second-order valence-electron chi connectivity index (χ2n) is 5.28. The van der Waals surface area contributed by atoms with E-state index in [-0.39, 0.29) is 5.97 Å². The Morgan fingerprint density at radius 1 is 1.24 bits per heavy atom. The van der Waals surface area contributed by atoms with E-state index in [0.717, 1.165) is 6.42 Å². The summed E-state index contributed by atoms with van der Waals surface area (Å²) in [6.07, 6.45) is 6.69. The van der Waals surface area contributed by atoms with Gasteiger partial charge in [-0.05, 0) is 29.9 Å². The van der Waals surface area contributed by atoms with Crippen molar-refractivity contribution in [3.8, 4) is 0 Å². The van der Waals surface area contributed by atoms with Gasteiger partial charge in [0.25, 0.3) is 0 Å². The van der Waals surface area contributed by atoms with Gasteiger partial charge in [0.05, 0.1) is 6.61 Å². The Bertz CT molecular complexity index is 488. The maximum absolute atomic E-state index is 10.5. The van der Waals surface area contributed by atoms with Gasteiger partial charge in [-0.1, -0.05) is 51.3 Å². The molecule has 1 aromatic heterocycles. The van der Waals surface area contributed by atoms with Gasteiger partial charge in [0.15, 0.2) is 0 Å². The topological polar surface area (TPSA) is 42.1 Å². The number of hydrogen-bond acceptors (Lipinski definition) is 2. The first kappa shape index (κ1) is 17.3. The van der Waals surface area contributed by atoms with Crippen LogP contribution in [0.1, 0.15) is 46.5 Å². The lowest BCUT2D eigenvalue weighted by molar-refractivity contribution is -0.142. The summed E-state index contributed by atoms with van der Waals surface area (Å²) in [6.45, 7) is 6.39. The van der Waals surface area contributed by atoms with Gasteiger partial charge >= 0.3 is 5.97 Å². The number of aromatic amines is 1. The number of esters is 1. The lowest BCUT2D eigenvalue weighted by Gasteiger charge is -2.13. The Balaban J connectivity index is 0.000000216. The van der Waals surface area contributed by atoms with E-state index in [1.165, 1.54) is 37.1 Å². The highest BCUT2D eigenvalue weighted by Gasteiger charge is 2.06. The second kappa shape index (κ2) is 10.0. The molecule has 3 heteroatoms. The van der Waals surface area contributed by atoms with Gasteiger partial charge in [-0.25, -0.2) is 0 Å². The monoisotopic (exact) mass is 289 g/mol. The number of carbonyl (C=O) groups excluding carboxylic acids is 1. The highest BCUT2D eigenvalue weighted by molar-refractivity contribution is 5.78. The van der Waals surface area contributed by atoms with E-state index in [0.29, 0.717) is 12.5 Å². The molecule has 1 N–H and O–H groups in total. The lowest BCUT2D eigenvalue weighted by atomic mass is 10.0. The molecule has 1 heterocycles. The highest BCUT2D eigenvalue weighted by atomic mass is 16.5. The molecule has 116 valence electrons. The number of H-pyrrole nitrogens is 1. The van der Waals surface area contributed by atoms with Crippen LogP contribution >= 0.6 is 0 Å². The zero-order chi connectivity index (χ0) is 15.5. The van der Waals surface area contributed by atoms with E-state index in [2.05, 4.69) is 37.0 Å². The number of para-hydroxylation sites is 1. The number of carbonyl (C=O) groups is 1. The van der Waals surface area contributed by atoms with Crippen LogP contribution in [0.2, 0.25) is 0 Å². The minimum atomic E-state index is -0.162. The van der Waals surface area contributed by atoms with Crippen molar-refractivity contribution in [2.24, 2.45) is 5.92 Å². The summed E-state index contributed by atoms with van der Waals surface area (Å²) in [7, 11) is 0. The summed E-state index contributed by atoms with van der Waals surface area (Å²) in [5, 5.41) is 1.28. The Morgan fingerprint density at radius 2 is 2.00 bits per heavy atom. The zero-order valence-electron chi connectivity index (χ0n) is 13.4. The van der Waals surface area contributed by atoms with E-state index in [4.69, 9.17) is 4.74 Å². The lowest BCUT2D eigenvalue weighted by Crippen LogP contribution is -2.11. The maximum Gasteiger partial charge on any atom is 0.302 e. The number of rotatable bonds is 6. The van der Waals surface area contributed by atoms with Crippen molar-refractivity contribution in [2.75, 3.05) is 6.61 Å². The van der Waals surface area contributed by atoms with Crippen LogP contribution in [0.15, 0.2) is 36.5 Å². The van der Waals surface area contributed by atoms with Crippen molar-refractivity contribution in [3.05, 3.63) is 36.5 Å². The first-order chi connectivity index (χ1) is 10.2. The zero-order valence-corrected chi connectivity index (χ0v) is 13.4. The minimum Gasteiger partial charge on any atom is -0.466 e. The summed E-state index contributed by atoms with van der Waals surface area (Å²) >= 11 is 0. The smallest absolute Gasteiger partial charge is 0.302 e. The van der Waals surface area contributed by atoms with Crippen LogP contribution in [-0.4, -0.2) is 17.6 Å². The number of benzene rings is 1. The molecule has 0 aliphatic rings. The fraction of sp³-hybridized carbons (Fsp3) is 0.500. The van der Waals surface area contributed by atoms with E-state index >= 15 is 0 Å². The fourth-order valence-corrected chi connectivity index (χ4v) is 2.13. The molecule has 2 rings (SSSR count). The van der Waals surface area contributed by atoms with Crippen LogP contribution in [0, 0.1) is 5.92 Å². The van der Waals surface area contributed by atoms with Crippen LogP contribution in [0.4, 0.5) is 0 Å². The van der Waals surface area contributed by atoms with Crippen molar-refractivity contribution in [3.63, 3.8) is 0 Å². The number of hydrogen-bond donors (Lipinski definition) is 1. The Labute approximate surface area is 127 Å². The van der Waals surface area contributed by atoms with Crippen LogP contribution < -0.4 is 0 Å². The van der Waals surface area contributed by atoms with Gasteiger partial charge in [-0.15, -0.1) is 0 Å². The first-order valence-corrected chi connectivity index (χ1v) is 7.82. The molecule has 0 spiro atoms. The molecular formula is C18H27NO2. The molecule has 1 unspecified atom stereocenters. The quantitative estimate of drug-likeness (QED) is 0.766. The van der Waals surface area contributed by atoms with Crippen molar-refractivity contribution in [1.29, 1.82) is 0 Å². The largest absolute Gasteiger partial charge is 0.466 e. The van der Waals surface area contributed by atoms with Gasteiger partial charge < -0.3 is 9.72 Å². The Kier molecular flexibility index (Phi) is 8.25. The number of ether oxygens (including phenoxy) is 1. The molecule has 0 radical (unpaired) electrons. The SMILES string of the molecule is CCCCC(CC)COC(C)=O.c1ccc2[nH]ccc2c1. The van der Waals surface area contributed by atoms with E-state index in [1.54, 1.807) is 0 Å². The van der Waals surface area contributed by atoms with Gasteiger partial charge in [-0.3, -0.25) is 4.79 Å². The van der Waals surface area contributed by atoms with Gasteiger partial charge in [0, 0.05) is 18.6 Å². The maximum atomic E-state index is 10.5. The third-order valence-electron chi connectivity index (χ3n) is 3.53. The first-order valence-electron chi connectivity index (χ1n) is 7.82. The summed E-state index contributed by atoms with van der Waals surface area (Å²) in [4.78, 5) is 13.6. The van der Waals surface area contributed by atoms with Crippen LogP contribution in [0.5, 0.6) is 0 Å². The third kappa shape index (κ3) is 6.98. The molecule has 0 fully saturated rings. The van der Waals surface area contributed by atoms with E-state index in [1.807, 2.05) is 18.3 Å². The summed E-state index contributed by atoms with van der Waals surface area (Å²) in [6, 6.07) is 10.3. The molecule has 0 amide bonds. The minimum absolute atomic E-state index is 0.162. The van der Waals surface area contributed by atoms with Gasteiger partial charge in [0.1, 0.15) is 0 Å². The molecule has 0 aliphatic carbocycles. The molecule has 1 aromatic carbocycles. The molecule has 0 bridgehead atoms. The fourth-order valence-electron chi connectivity index (χ4n) is 2.13. The number of fused-ring (bicyclic) bond motifs is 1. The van der Waals surface area contributed by atoms with E-state index < -0.39 is 0 Å². The van der Waals surface area contributed by atoms with Crippen molar-refractivity contribution in [2.45, 2.75) is 46.5 Å². The molecule has 1 atom stereocenters. The molecule has 3 nitrogen and oxygen atoms in total. The van der Waals surface area contributed by atoms with E-state index in [9.17, 15) is 4.79 Å². The number of unbranched alkanes of at least 4 members (excludes halogenated alkanes) is 1. The van der Waals surface area contributed by atoms with Gasteiger partial charge in [-0.2, -0.15) is 0 Å². The van der Waals surface area contributed by atoms with Gasteiger partial charge in [0.2, 0.25) is 0 Å². The molecule has 2 aromatic rings. The highest BCUT2D eigenvalue weighted by Crippen LogP contribution is 2.12. The summed E-state index contributed by atoms with van der Waals surface area (Å²) in [5.74, 6) is 0.402. The summed E-state index contributed by atoms with van der Waals surface area (Å²) in [5.41, 5.74) is 1.21. The normalized spacial score (nSPS) is 11.6. The molecule has 0 saturated carbocycles. The molecule has 0 aliphatic heterocycles. The predicted octanol–water partition coefficient (Wildman–Crippen LogP) is 4.93. The van der Waals surface area contributed by atoms with Crippen molar-refractivity contribution >= 4 is 16.9 Å². The molecular weight excluding hydrogens is 262 g/mol. The van der Waals surface area contributed by atoms with Crippen LogP contribution in [0.25, 0.3) is 10.9 Å². The summed E-state index contributed by atoms with van der Waals surface area (Å²) < 4.78 is 4.95. The molecule has 21 heavy (non-hydrogen) atoms. The standard InChI is InChI=1S/C10H20O2.C8H7N/c1-4-6-7-10(5-2)8-12-9(3)11;1-2-4-8-7(3-1)5-6-9-8/h10H,4-8H2,1-3H3;1-6,9H. The Morgan fingerprint density at radius 3 is 2.62 bits per heavy atom. The van der Waals surface area contributed by atoms with Crippen molar-refractivity contribution < 1.29 is 9.53 Å².